The smallest absolute Gasteiger partial charge is 0.329 e. The van der Waals surface area contributed by atoms with Crippen LogP contribution >= 0.6 is 0 Å². The Bertz CT molecular complexity index is 708. The maximum atomic E-state index is 12.5. The van der Waals surface area contributed by atoms with Crippen molar-refractivity contribution in [1.29, 1.82) is 0 Å². The normalized spacial score (nSPS) is 20.1. The molecule has 29 heavy (non-hydrogen) atoms. The minimum absolute atomic E-state index is 0.0643. The lowest BCUT2D eigenvalue weighted by Gasteiger charge is -2.35. The summed E-state index contributed by atoms with van der Waals surface area (Å²) in [6.07, 6.45) is -0.129. The van der Waals surface area contributed by atoms with Crippen LogP contribution in [0.15, 0.2) is 24.3 Å². The Morgan fingerprint density at radius 3 is 2.24 bits per heavy atom. The van der Waals surface area contributed by atoms with Gasteiger partial charge in [0.25, 0.3) is 11.8 Å². The zero-order valence-corrected chi connectivity index (χ0v) is 17.6. The highest BCUT2D eigenvalue weighted by molar-refractivity contribution is 5.97. The fourth-order valence-electron chi connectivity index (χ4n) is 3.16. The van der Waals surface area contributed by atoms with E-state index in [4.69, 9.17) is 14.2 Å². The predicted octanol–water partition coefficient (Wildman–Crippen LogP) is 1.63. The summed E-state index contributed by atoms with van der Waals surface area (Å²) in [5, 5.41) is 2.69. The number of esters is 1. The van der Waals surface area contributed by atoms with Crippen LogP contribution in [0, 0.1) is 5.92 Å². The Kier molecular flexibility index (Phi) is 8.01. The number of amides is 2. The number of nitrogens with zero attached hydrogens (tertiary/aromatic N) is 1. The van der Waals surface area contributed by atoms with E-state index < -0.39 is 17.9 Å². The van der Waals surface area contributed by atoms with Crippen molar-refractivity contribution in [3.8, 4) is 5.75 Å². The van der Waals surface area contributed by atoms with Crippen molar-refractivity contribution >= 4 is 17.8 Å². The number of ether oxygens (including phenoxy) is 3. The number of morpholine rings is 1. The molecule has 0 radical (unpaired) electrons. The highest BCUT2D eigenvalue weighted by Gasteiger charge is 2.29. The summed E-state index contributed by atoms with van der Waals surface area (Å²) in [4.78, 5) is 39.0. The summed E-state index contributed by atoms with van der Waals surface area (Å²) in [5.74, 6) is -0.880. The lowest BCUT2D eigenvalue weighted by Crippen LogP contribution is -2.50. The maximum absolute atomic E-state index is 12.5. The van der Waals surface area contributed by atoms with Gasteiger partial charge in [0.1, 0.15) is 11.8 Å². The van der Waals surface area contributed by atoms with Crippen molar-refractivity contribution in [3.05, 3.63) is 29.8 Å². The molecule has 8 nitrogen and oxygen atoms in total. The summed E-state index contributed by atoms with van der Waals surface area (Å²) < 4.78 is 15.9. The molecule has 1 aromatic rings. The SMILES string of the molecule is COc1ccc(C(=O)N[C@H](C(=O)OCC(=O)N2C[C@H](C)O[C@@H](C)C2)C(C)C)cc1. The molecule has 2 rings (SSSR count). The van der Waals surface area contributed by atoms with E-state index in [9.17, 15) is 14.4 Å². The Balaban J connectivity index is 1.92. The van der Waals surface area contributed by atoms with E-state index >= 15 is 0 Å². The molecule has 1 aliphatic heterocycles. The van der Waals surface area contributed by atoms with E-state index in [-0.39, 0.29) is 30.6 Å². The van der Waals surface area contributed by atoms with E-state index in [1.54, 1.807) is 50.1 Å². The molecule has 160 valence electrons. The van der Waals surface area contributed by atoms with Crippen LogP contribution < -0.4 is 10.1 Å². The van der Waals surface area contributed by atoms with Crippen LogP contribution in [-0.4, -0.2) is 67.7 Å². The zero-order valence-electron chi connectivity index (χ0n) is 17.6. The van der Waals surface area contributed by atoms with Crippen molar-refractivity contribution < 1.29 is 28.6 Å². The van der Waals surface area contributed by atoms with Crippen LogP contribution in [0.4, 0.5) is 0 Å². The highest BCUT2D eigenvalue weighted by atomic mass is 16.5. The number of carbonyl (C=O) groups excluding carboxylic acids is 3. The molecule has 0 saturated carbocycles. The summed E-state index contributed by atoms with van der Waals surface area (Å²) in [5.41, 5.74) is 0.400. The minimum atomic E-state index is -0.861. The number of nitrogens with one attached hydrogen (secondary N) is 1. The van der Waals surface area contributed by atoms with Crippen LogP contribution in [0.2, 0.25) is 0 Å². The van der Waals surface area contributed by atoms with Gasteiger partial charge in [-0.25, -0.2) is 4.79 Å². The first-order valence-electron chi connectivity index (χ1n) is 9.76. The number of hydrogen-bond acceptors (Lipinski definition) is 6. The van der Waals surface area contributed by atoms with Crippen LogP contribution in [-0.2, 0) is 19.1 Å². The molecule has 0 aromatic heterocycles. The van der Waals surface area contributed by atoms with E-state index in [2.05, 4.69) is 5.32 Å². The standard InChI is InChI=1S/C21H30N2O6/c1-13(2)19(22-20(25)16-6-8-17(27-5)9-7-16)21(26)28-12-18(24)23-10-14(3)29-15(4)11-23/h6-9,13-15,19H,10-12H2,1-5H3,(H,22,25)/t14-,15-,19-/m0/s1. The quantitative estimate of drug-likeness (QED) is 0.692. The number of methoxy groups -OCH3 is 1. The van der Waals surface area contributed by atoms with Gasteiger partial charge in [0.15, 0.2) is 6.61 Å². The van der Waals surface area contributed by atoms with Gasteiger partial charge in [-0.05, 0) is 44.0 Å². The molecule has 1 fully saturated rings. The van der Waals surface area contributed by atoms with E-state index in [1.807, 2.05) is 13.8 Å². The van der Waals surface area contributed by atoms with E-state index in [1.165, 1.54) is 0 Å². The molecule has 1 heterocycles. The van der Waals surface area contributed by atoms with Gasteiger partial charge in [0, 0.05) is 18.7 Å². The molecule has 0 bridgehead atoms. The molecule has 0 spiro atoms. The van der Waals surface area contributed by atoms with Gasteiger partial charge in [-0.2, -0.15) is 0 Å². The van der Waals surface area contributed by atoms with Gasteiger partial charge < -0.3 is 24.4 Å². The van der Waals surface area contributed by atoms with Crippen molar-refractivity contribution in [2.45, 2.75) is 45.9 Å². The van der Waals surface area contributed by atoms with Crippen molar-refractivity contribution in [2.24, 2.45) is 5.92 Å². The van der Waals surface area contributed by atoms with E-state index in [0.717, 1.165) is 0 Å². The second-order valence-corrected chi connectivity index (χ2v) is 7.59. The van der Waals surface area contributed by atoms with Gasteiger partial charge in [0.2, 0.25) is 0 Å². The second kappa shape index (κ2) is 10.2. The Morgan fingerprint density at radius 1 is 1.14 bits per heavy atom. The van der Waals surface area contributed by atoms with Crippen LogP contribution in [0.3, 0.4) is 0 Å². The molecule has 8 heteroatoms. The highest BCUT2D eigenvalue weighted by Crippen LogP contribution is 2.13. The average molecular weight is 406 g/mol. The summed E-state index contributed by atoms with van der Waals surface area (Å²) in [6, 6.07) is 5.70. The number of hydrogen-bond donors (Lipinski definition) is 1. The second-order valence-electron chi connectivity index (χ2n) is 7.59. The van der Waals surface area contributed by atoms with Gasteiger partial charge in [-0.1, -0.05) is 13.8 Å². The largest absolute Gasteiger partial charge is 0.497 e. The minimum Gasteiger partial charge on any atom is -0.497 e. The average Bonchev–Trinajstić information content (AvgIpc) is 2.68. The Morgan fingerprint density at radius 2 is 1.72 bits per heavy atom. The topological polar surface area (TPSA) is 94.2 Å². The third kappa shape index (κ3) is 6.45. The van der Waals surface area contributed by atoms with Crippen molar-refractivity contribution in [3.63, 3.8) is 0 Å². The molecule has 0 aliphatic carbocycles. The third-order valence-electron chi connectivity index (χ3n) is 4.67. The molecular formula is C21H30N2O6. The van der Waals surface area contributed by atoms with Crippen LogP contribution in [0.25, 0.3) is 0 Å². The van der Waals surface area contributed by atoms with Crippen LogP contribution in [0.5, 0.6) is 5.75 Å². The van der Waals surface area contributed by atoms with Gasteiger partial charge >= 0.3 is 5.97 Å². The first-order chi connectivity index (χ1) is 13.7. The first-order valence-corrected chi connectivity index (χ1v) is 9.76. The molecule has 1 N–H and O–H groups in total. The maximum Gasteiger partial charge on any atom is 0.329 e. The monoisotopic (exact) mass is 406 g/mol. The molecule has 1 aromatic carbocycles. The van der Waals surface area contributed by atoms with Gasteiger partial charge in [0.05, 0.1) is 19.3 Å². The Hall–Kier alpha value is -2.61. The zero-order chi connectivity index (χ0) is 21.6. The Labute approximate surface area is 171 Å². The van der Waals surface area contributed by atoms with Gasteiger partial charge in [-0.3, -0.25) is 9.59 Å². The summed E-state index contributed by atoms with van der Waals surface area (Å²) >= 11 is 0. The predicted molar refractivity (Wildman–Crippen MR) is 107 cm³/mol. The number of rotatable bonds is 7. The van der Waals surface area contributed by atoms with Gasteiger partial charge in [-0.15, -0.1) is 0 Å². The fraction of sp³-hybridized carbons (Fsp3) is 0.571. The third-order valence-corrected chi connectivity index (χ3v) is 4.67. The summed E-state index contributed by atoms with van der Waals surface area (Å²) in [6.45, 7) is 7.95. The fourth-order valence-corrected chi connectivity index (χ4v) is 3.16. The lowest BCUT2D eigenvalue weighted by molar-refractivity contribution is -0.159. The van der Waals surface area contributed by atoms with Crippen LogP contribution in [0.1, 0.15) is 38.1 Å². The first kappa shape index (κ1) is 22.7. The van der Waals surface area contributed by atoms with Crippen molar-refractivity contribution in [2.75, 3.05) is 26.8 Å². The molecule has 1 aliphatic rings. The molecular weight excluding hydrogens is 376 g/mol. The molecule has 3 atom stereocenters. The van der Waals surface area contributed by atoms with E-state index in [0.29, 0.717) is 24.4 Å². The summed E-state index contributed by atoms with van der Waals surface area (Å²) in [7, 11) is 1.54. The lowest BCUT2D eigenvalue weighted by atomic mass is 10.0. The number of carbonyl (C=O) groups is 3. The molecule has 1 saturated heterocycles. The molecule has 2 amide bonds. The van der Waals surface area contributed by atoms with Crippen molar-refractivity contribution in [1.82, 2.24) is 10.2 Å². The number of benzene rings is 1. The molecule has 0 unspecified atom stereocenters.